The molecule has 2 rings (SSSR count). The van der Waals surface area contributed by atoms with Crippen LogP contribution in [0.5, 0.6) is 0 Å². The third-order valence-electron chi connectivity index (χ3n) is 3.16. The van der Waals surface area contributed by atoms with Crippen LogP contribution in [0.4, 0.5) is 0 Å². The Kier molecular flexibility index (Phi) is 3.85. The van der Waals surface area contributed by atoms with Crippen LogP contribution >= 0.6 is 0 Å². The average Bonchev–Trinajstić information content (AvgIpc) is 2.39. The Morgan fingerprint density at radius 2 is 2.06 bits per heavy atom. The van der Waals surface area contributed by atoms with Gasteiger partial charge in [0, 0.05) is 13.1 Å². The molecule has 1 aliphatic rings. The van der Waals surface area contributed by atoms with Gasteiger partial charge in [-0.3, -0.25) is 0 Å². The Balaban J connectivity index is 2.37. The fourth-order valence-electron chi connectivity index (χ4n) is 2.00. The second-order valence-corrected chi connectivity index (χ2v) is 6.34. The Labute approximate surface area is 108 Å². The molecule has 0 spiro atoms. The molecule has 0 atom stereocenters. The van der Waals surface area contributed by atoms with Gasteiger partial charge in [-0.15, -0.1) is 0 Å². The van der Waals surface area contributed by atoms with Crippen molar-refractivity contribution >= 4 is 10.0 Å². The number of aliphatic hydroxyl groups is 1. The number of aliphatic hydroxyl groups excluding tert-OH is 1. The van der Waals surface area contributed by atoms with Gasteiger partial charge in [-0.1, -0.05) is 29.8 Å². The molecule has 4 nitrogen and oxygen atoms in total. The number of hydrogen-bond donors (Lipinski definition) is 1. The van der Waals surface area contributed by atoms with Gasteiger partial charge in [0.1, 0.15) is 0 Å². The van der Waals surface area contributed by atoms with Gasteiger partial charge < -0.3 is 5.11 Å². The second kappa shape index (κ2) is 5.22. The van der Waals surface area contributed by atoms with Crippen molar-refractivity contribution < 1.29 is 13.5 Å². The van der Waals surface area contributed by atoms with E-state index in [0.29, 0.717) is 18.7 Å². The maximum atomic E-state index is 12.5. The first-order valence-corrected chi connectivity index (χ1v) is 7.34. The van der Waals surface area contributed by atoms with Crippen LogP contribution in [-0.2, 0) is 16.6 Å². The number of sulfonamides is 1. The van der Waals surface area contributed by atoms with Crippen molar-refractivity contribution in [2.75, 3.05) is 13.1 Å². The predicted octanol–water partition coefficient (Wildman–Crippen LogP) is 1.52. The zero-order valence-corrected chi connectivity index (χ0v) is 11.2. The second-order valence-electron chi connectivity index (χ2n) is 4.43. The molecule has 0 radical (unpaired) electrons. The SMILES string of the molecule is CC1=CCN(S(=O)(=O)c2ccccc2CO)CC1. The molecular weight excluding hydrogens is 250 g/mol. The van der Waals surface area contributed by atoms with Crippen LogP contribution in [0.1, 0.15) is 18.9 Å². The van der Waals surface area contributed by atoms with Gasteiger partial charge in [0.15, 0.2) is 0 Å². The molecule has 1 N–H and O–H groups in total. The van der Waals surface area contributed by atoms with E-state index in [1.165, 1.54) is 9.88 Å². The van der Waals surface area contributed by atoms with Crippen LogP contribution < -0.4 is 0 Å². The lowest BCUT2D eigenvalue weighted by molar-refractivity contribution is 0.278. The zero-order valence-electron chi connectivity index (χ0n) is 10.3. The quantitative estimate of drug-likeness (QED) is 0.845. The van der Waals surface area contributed by atoms with Crippen LogP contribution in [0.2, 0.25) is 0 Å². The minimum atomic E-state index is -3.50. The predicted molar refractivity (Wildman–Crippen MR) is 69.5 cm³/mol. The van der Waals surface area contributed by atoms with E-state index in [1.54, 1.807) is 24.3 Å². The van der Waals surface area contributed by atoms with Gasteiger partial charge in [0.25, 0.3) is 0 Å². The summed E-state index contributed by atoms with van der Waals surface area (Å²) < 4.78 is 26.4. The third-order valence-corrected chi connectivity index (χ3v) is 5.13. The van der Waals surface area contributed by atoms with Crippen molar-refractivity contribution in [3.8, 4) is 0 Å². The van der Waals surface area contributed by atoms with Gasteiger partial charge in [0.05, 0.1) is 11.5 Å². The van der Waals surface area contributed by atoms with Gasteiger partial charge >= 0.3 is 0 Å². The molecule has 18 heavy (non-hydrogen) atoms. The third kappa shape index (κ3) is 2.48. The first-order chi connectivity index (χ1) is 8.55. The molecule has 0 aliphatic carbocycles. The maximum Gasteiger partial charge on any atom is 0.243 e. The minimum absolute atomic E-state index is 0.209. The van der Waals surface area contributed by atoms with E-state index in [0.717, 1.165) is 6.42 Å². The van der Waals surface area contributed by atoms with E-state index in [9.17, 15) is 13.5 Å². The van der Waals surface area contributed by atoms with Crippen LogP contribution in [0.15, 0.2) is 40.8 Å². The van der Waals surface area contributed by atoms with E-state index in [4.69, 9.17) is 0 Å². The normalized spacial score (nSPS) is 17.6. The minimum Gasteiger partial charge on any atom is -0.392 e. The molecule has 98 valence electrons. The lowest BCUT2D eigenvalue weighted by Gasteiger charge is -2.25. The molecule has 1 aromatic carbocycles. The molecule has 0 unspecified atom stereocenters. The molecule has 0 aromatic heterocycles. The van der Waals surface area contributed by atoms with E-state index >= 15 is 0 Å². The maximum absolute atomic E-state index is 12.5. The molecule has 0 fully saturated rings. The monoisotopic (exact) mass is 267 g/mol. The fourth-order valence-corrected chi connectivity index (χ4v) is 3.59. The highest BCUT2D eigenvalue weighted by molar-refractivity contribution is 7.89. The Morgan fingerprint density at radius 3 is 2.67 bits per heavy atom. The van der Waals surface area contributed by atoms with Crippen LogP contribution in [-0.4, -0.2) is 30.9 Å². The molecule has 0 saturated heterocycles. The van der Waals surface area contributed by atoms with E-state index in [-0.39, 0.29) is 11.5 Å². The fraction of sp³-hybridized carbons (Fsp3) is 0.385. The zero-order chi connectivity index (χ0) is 13.2. The topological polar surface area (TPSA) is 57.6 Å². The summed E-state index contributed by atoms with van der Waals surface area (Å²) in [5.74, 6) is 0. The van der Waals surface area contributed by atoms with Crippen LogP contribution in [0.25, 0.3) is 0 Å². The highest BCUT2D eigenvalue weighted by Crippen LogP contribution is 2.23. The summed E-state index contributed by atoms with van der Waals surface area (Å²) in [6.07, 6.45) is 2.70. The summed E-state index contributed by atoms with van der Waals surface area (Å²) in [6.45, 7) is 2.65. The summed E-state index contributed by atoms with van der Waals surface area (Å²) in [4.78, 5) is 0.209. The highest BCUT2D eigenvalue weighted by atomic mass is 32.2. The van der Waals surface area contributed by atoms with E-state index in [1.807, 2.05) is 13.0 Å². The van der Waals surface area contributed by atoms with Crippen molar-refractivity contribution in [2.24, 2.45) is 0 Å². The summed E-state index contributed by atoms with van der Waals surface area (Å²) in [5.41, 5.74) is 1.67. The van der Waals surface area contributed by atoms with Crippen LogP contribution in [0.3, 0.4) is 0 Å². The lowest BCUT2D eigenvalue weighted by atomic mass is 10.1. The first kappa shape index (κ1) is 13.3. The molecule has 1 aromatic rings. The van der Waals surface area contributed by atoms with Gasteiger partial charge in [-0.2, -0.15) is 4.31 Å². The summed E-state index contributed by atoms with van der Waals surface area (Å²) >= 11 is 0. The van der Waals surface area contributed by atoms with E-state index in [2.05, 4.69) is 0 Å². The average molecular weight is 267 g/mol. The lowest BCUT2D eigenvalue weighted by Crippen LogP contribution is -2.35. The van der Waals surface area contributed by atoms with Gasteiger partial charge in [0.2, 0.25) is 10.0 Å². The Bertz CT molecular complexity index is 563. The molecule has 1 aliphatic heterocycles. The van der Waals surface area contributed by atoms with Gasteiger partial charge in [-0.05, 0) is 25.0 Å². The number of rotatable bonds is 3. The van der Waals surface area contributed by atoms with Crippen molar-refractivity contribution in [3.05, 3.63) is 41.5 Å². The van der Waals surface area contributed by atoms with E-state index < -0.39 is 10.0 Å². The molecule has 0 amide bonds. The molecule has 5 heteroatoms. The van der Waals surface area contributed by atoms with Crippen molar-refractivity contribution in [3.63, 3.8) is 0 Å². The molecule has 0 bridgehead atoms. The van der Waals surface area contributed by atoms with Crippen molar-refractivity contribution in [1.29, 1.82) is 0 Å². The smallest absolute Gasteiger partial charge is 0.243 e. The first-order valence-electron chi connectivity index (χ1n) is 5.90. The standard InChI is InChI=1S/C13H17NO3S/c1-11-6-8-14(9-7-11)18(16,17)13-5-3-2-4-12(13)10-15/h2-6,15H,7-10H2,1H3. The number of hydrogen-bond acceptors (Lipinski definition) is 3. The molecular formula is C13H17NO3S. The van der Waals surface area contributed by atoms with Crippen molar-refractivity contribution in [2.45, 2.75) is 24.8 Å². The molecule has 1 heterocycles. The van der Waals surface area contributed by atoms with Crippen molar-refractivity contribution in [1.82, 2.24) is 4.31 Å². The summed E-state index contributed by atoms with van der Waals surface area (Å²) in [7, 11) is -3.50. The summed E-state index contributed by atoms with van der Waals surface area (Å²) in [6, 6.07) is 6.59. The van der Waals surface area contributed by atoms with Gasteiger partial charge in [-0.25, -0.2) is 8.42 Å². The largest absolute Gasteiger partial charge is 0.392 e. The Hall–Kier alpha value is -1.17. The number of benzene rings is 1. The summed E-state index contributed by atoms with van der Waals surface area (Å²) in [5, 5.41) is 9.23. The molecule has 0 saturated carbocycles. The van der Waals surface area contributed by atoms with Crippen LogP contribution in [0, 0.1) is 0 Å². The Morgan fingerprint density at radius 1 is 1.33 bits per heavy atom. The number of nitrogens with zero attached hydrogens (tertiary/aromatic N) is 1. The highest BCUT2D eigenvalue weighted by Gasteiger charge is 2.27.